The van der Waals surface area contributed by atoms with E-state index in [4.69, 9.17) is 17.7 Å². The van der Waals surface area contributed by atoms with Crippen LogP contribution in [0.4, 0.5) is 0 Å². The smallest absolute Gasteiger partial charge is 0.137 e. The first-order valence-corrected chi connectivity index (χ1v) is 41.6. The molecule has 0 bridgehead atoms. The number of benzene rings is 19. The number of para-hydroxylation sites is 6. The minimum absolute atomic E-state index is 0.874. The average molecular weight is 1560 g/mol. The molecule has 0 radical (unpaired) electrons. The average Bonchev–Trinajstić information content (AvgIpc) is 1.58. The minimum atomic E-state index is 0.874. The lowest BCUT2D eigenvalue weighted by Crippen LogP contribution is -1.96. The first-order valence-electron chi connectivity index (χ1n) is 41.6. The molecule has 0 fully saturated rings. The lowest BCUT2D eigenvalue weighted by molar-refractivity contribution is 0.669. The topological polar surface area (TPSA) is 72.3 Å². The summed E-state index contributed by atoms with van der Waals surface area (Å²) in [5.74, 6) is 0. The Morgan fingerprint density at radius 1 is 0.115 bits per heavy atom. The van der Waals surface area contributed by atoms with Gasteiger partial charge in [0.05, 0.1) is 44.1 Å². The zero-order chi connectivity index (χ0) is 79.8. The second-order valence-corrected chi connectivity index (χ2v) is 32.2. The van der Waals surface area contributed by atoms with Gasteiger partial charge in [0.2, 0.25) is 0 Å². The van der Waals surface area contributed by atoms with Crippen molar-refractivity contribution in [2.75, 3.05) is 0 Å². The quantitative estimate of drug-likeness (QED) is 0.144. The van der Waals surface area contributed by atoms with E-state index >= 15 is 0 Å². The summed E-state index contributed by atoms with van der Waals surface area (Å²) in [7, 11) is 0. The van der Waals surface area contributed by atoms with E-state index < -0.39 is 0 Å². The van der Waals surface area contributed by atoms with E-state index in [1.165, 1.54) is 76.4 Å². The van der Waals surface area contributed by atoms with Crippen molar-refractivity contribution in [3.63, 3.8) is 0 Å². The molecule has 122 heavy (non-hydrogen) atoms. The van der Waals surface area contributed by atoms with Gasteiger partial charge in [-0.15, -0.1) is 0 Å². The molecule has 0 saturated heterocycles. The van der Waals surface area contributed by atoms with Crippen molar-refractivity contribution in [2.45, 2.75) is 0 Å². The lowest BCUT2D eigenvalue weighted by Gasteiger charge is -2.14. The van der Waals surface area contributed by atoms with E-state index in [1.54, 1.807) is 0 Å². The largest absolute Gasteiger partial charge is 0.456 e. The van der Waals surface area contributed by atoms with Crippen LogP contribution in [0.1, 0.15) is 0 Å². The van der Waals surface area contributed by atoms with Crippen LogP contribution in [0.15, 0.2) is 430 Å². The molecule has 27 rings (SSSR count). The van der Waals surface area contributed by atoms with Gasteiger partial charge in [-0.05, 0) is 207 Å². The summed E-state index contributed by atoms with van der Waals surface area (Å²) in [6, 6.07) is 148. The molecule has 0 N–H and O–H groups in total. The van der Waals surface area contributed by atoms with Crippen molar-refractivity contribution in [3.05, 3.63) is 413 Å². The summed E-state index contributed by atoms with van der Waals surface area (Å²) in [5, 5.41) is 18.5. The third-order valence-corrected chi connectivity index (χ3v) is 25.4. The maximum absolute atomic E-state index is 6.64. The van der Waals surface area contributed by atoms with Gasteiger partial charge in [0.15, 0.2) is 0 Å². The van der Waals surface area contributed by atoms with Crippen molar-refractivity contribution in [1.29, 1.82) is 0 Å². The molecule has 0 aliphatic rings. The number of hydrogen-bond donors (Lipinski definition) is 0. The van der Waals surface area contributed by atoms with E-state index in [0.29, 0.717) is 0 Å². The fourth-order valence-electron chi connectivity index (χ4n) is 19.7. The summed E-state index contributed by atoms with van der Waals surface area (Å²) < 4.78 is 35.7. The molecule has 8 nitrogen and oxygen atoms in total. The Bertz CT molecular complexity index is 8930. The normalized spacial score (nSPS) is 12.1. The van der Waals surface area contributed by atoms with E-state index in [-0.39, 0.29) is 0 Å². The molecular weight excluding hydrogens is 1490 g/mol. The highest BCUT2D eigenvalue weighted by Gasteiger charge is 2.25. The second-order valence-electron chi connectivity index (χ2n) is 32.2. The van der Waals surface area contributed by atoms with Crippen molar-refractivity contribution in [3.8, 4) is 78.4 Å². The highest BCUT2D eigenvalue weighted by molar-refractivity contribution is 6.23. The molecule has 0 aliphatic carbocycles. The number of fused-ring (bicyclic) bond motifs is 24. The van der Waals surface area contributed by atoms with E-state index in [1.807, 2.05) is 12.1 Å². The Hall–Kier alpha value is -16.4. The van der Waals surface area contributed by atoms with Crippen LogP contribution >= 0.6 is 0 Å². The van der Waals surface area contributed by atoms with Gasteiger partial charge in [0.1, 0.15) is 44.7 Å². The maximum Gasteiger partial charge on any atom is 0.137 e. The van der Waals surface area contributed by atoms with E-state index in [9.17, 15) is 0 Å². The van der Waals surface area contributed by atoms with Gasteiger partial charge in [0.25, 0.3) is 0 Å². The third-order valence-electron chi connectivity index (χ3n) is 25.4. The van der Waals surface area contributed by atoms with Gasteiger partial charge in [0, 0.05) is 133 Å². The Morgan fingerprint density at radius 2 is 0.369 bits per heavy atom. The minimum Gasteiger partial charge on any atom is -0.456 e. The van der Waals surface area contributed by atoms with Gasteiger partial charge in [-0.1, -0.05) is 237 Å². The standard InChI is InChI=1S/C60H36N2O2.C54H32N2O2/c1-4-14-37(15-5-1)41-28-42(38-16-6-2-7-17-38)30-44(29-41)62-54-26-24-39(31-47(54)49-34-51-46-21-11-13-23-57(46)63-59(51)36-56(49)62)40-25-27-58-50(32-40)52-33-48-45-20-10-12-22-53(45)61(43-18-8-3-9-19-43)55(48)35-60(52)64-58;1-3-11-33(12-4-1)34-19-23-38(24-20-34)56-48-25-21-35(27-41(48)43-30-45-40-16-8-10-18-51(40)57-53(45)32-50(43)56)36-22-26-52-44(28-36)46-29-42-39-15-7-9-17-47(39)55(37-13-5-2-6-14-37)49(42)31-54(46)58-52/h1-36H;1-32H. The Balaban J connectivity index is 0.000000132. The number of hydrogen-bond acceptors (Lipinski definition) is 4. The highest BCUT2D eigenvalue weighted by atomic mass is 16.3. The van der Waals surface area contributed by atoms with Crippen LogP contribution in [0.5, 0.6) is 0 Å². The monoisotopic (exact) mass is 1560 g/mol. The Morgan fingerprint density at radius 3 is 0.770 bits per heavy atom. The van der Waals surface area contributed by atoms with Crippen molar-refractivity contribution < 1.29 is 17.7 Å². The van der Waals surface area contributed by atoms with Crippen LogP contribution in [0.3, 0.4) is 0 Å². The molecule has 8 heterocycles. The predicted molar refractivity (Wildman–Crippen MR) is 507 cm³/mol. The first kappa shape index (κ1) is 67.7. The molecule has 19 aromatic carbocycles. The zero-order valence-corrected chi connectivity index (χ0v) is 65.7. The van der Waals surface area contributed by atoms with Crippen LogP contribution in [0.2, 0.25) is 0 Å². The summed E-state index contributed by atoms with van der Waals surface area (Å²) in [6.45, 7) is 0. The van der Waals surface area contributed by atoms with Crippen molar-refractivity contribution >= 4 is 175 Å². The molecule has 0 aliphatic heterocycles. The molecule has 8 aromatic heterocycles. The van der Waals surface area contributed by atoms with Crippen LogP contribution < -0.4 is 0 Å². The van der Waals surface area contributed by atoms with Crippen LogP contribution in [0.25, 0.3) is 253 Å². The van der Waals surface area contributed by atoms with Gasteiger partial charge < -0.3 is 35.9 Å². The molecule has 568 valence electrons. The summed E-state index contributed by atoms with van der Waals surface area (Å²) in [5.41, 5.74) is 32.3. The summed E-state index contributed by atoms with van der Waals surface area (Å²) in [4.78, 5) is 0. The first-order chi connectivity index (χ1) is 60.4. The zero-order valence-electron chi connectivity index (χ0n) is 65.7. The van der Waals surface area contributed by atoms with E-state index in [0.717, 1.165) is 177 Å². The fraction of sp³-hybridized carbons (Fsp3) is 0. The van der Waals surface area contributed by atoms with Gasteiger partial charge >= 0.3 is 0 Å². The summed E-state index contributed by atoms with van der Waals surface area (Å²) >= 11 is 0. The second kappa shape index (κ2) is 26.5. The third kappa shape index (κ3) is 10.5. The molecular formula is C114H68N4O4. The van der Waals surface area contributed by atoms with Crippen LogP contribution in [-0.4, -0.2) is 18.3 Å². The SMILES string of the molecule is c1ccc(-c2cc(-c3ccccc3)cc(-n3c4ccc(-c5ccc6oc7cc8c(cc7c6c5)c5ccccc5n8-c5ccccc5)cc4c4cc5c(cc43)oc3ccccc35)c2)cc1.c1ccc(-c2ccc(-n3c4ccc(-c5ccc6oc7cc8c(cc7c6c5)c5ccccc5n8-c5ccccc5)cc4c4cc5c(cc43)oc3ccccc35)cc2)cc1. The molecule has 0 atom stereocenters. The van der Waals surface area contributed by atoms with Crippen LogP contribution in [-0.2, 0) is 0 Å². The Labute approximate surface area is 697 Å². The predicted octanol–water partition coefficient (Wildman–Crippen LogP) is 31.7. The van der Waals surface area contributed by atoms with Gasteiger partial charge in [-0.2, -0.15) is 0 Å². The van der Waals surface area contributed by atoms with Crippen molar-refractivity contribution in [1.82, 2.24) is 18.3 Å². The van der Waals surface area contributed by atoms with Gasteiger partial charge in [-0.25, -0.2) is 0 Å². The molecule has 0 spiro atoms. The lowest BCUT2D eigenvalue weighted by atomic mass is 9.98. The number of aromatic nitrogens is 4. The van der Waals surface area contributed by atoms with Crippen LogP contribution in [0, 0.1) is 0 Å². The van der Waals surface area contributed by atoms with E-state index in [2.05, 4.69) is 419 Å². The molecule has 27 aromatic rings. The highest BCUT2D eigenvalue weighted by Crippen LogP contribution is 2.48. The fourth-order valence-corrected chi connectivity index (χ4v) is 19.7. The summed E-state index contributed by atoms with van der Waals surface area (Å²) in [6.07, 6.45) is 0. The number of rotatable bonds is 9. The molecule has 0 unspecified atom stereocenters. The number of furan rings is 4. The number of nitrogens with zero attached hydrogens (tertiary/aromatic N) is 4. The van der Waals surface area contributed by atoms with Crippen molar-refractivity contribution in [2.24, 2.45) is 0 Å². The molecule has 0 amide bonds. The molecule has 8 heteroatoms. The Kier molecular flexibility index (Phi) is 14.7. The maximum atomic E-state index is 6.64. The molecule has 0 saturated carbocycles. The van der Waals surface area contributed by atoms with Gasteiger partial charge in [-0.3, -0.25) is 0 Å².